The molecule has 7 heteroatoms. The van der Waals surface area contributed by atoms with Crippen molar-refractivity contribution in [2.45, 2.75) is 6.92 Å². The zero-order chi connectivity index (χ0) is 22.4. The number of pyridine rings is 2. The fraction of sp³-hybridized carbons (Fsp3) is 0.0385. The summed E-state index contributed by atoms with van der Waals surface area (Å²) in [6, 6.07) is 13.8. The van der Waals surface area contributed by atoms with Crippen LogP contribution in [0.15, 0.2) is 72.7 Å². The monoisotopic (exact) mass is 447 g/mol. The summed E-state index contributed by atoms with van der Waals surface area (Å²) in [4.78, 5) is 26.1. The fourth-order valence-corrected chi connectivity index (χ4v) is 4.88. The van der Waals surface area contributed by atoms with Crippen LogP contribution in [0, 0.1) is 0 Å². The van der Waals surface area contributed by atoms with Gasteiger partial charge in [0.25, 0.3) is 0 Å². The minimum Gasteiger partial charge on any atom is -0.353 e. The van der Waals surface area contributed by atoms with Crippen LogP contribution >= 0.6 is 11.3 Å². The van der Waals surface area contributed by atoms with Gasteiger partial charge in [-0.1, -0.05) is 0 Å². The Balaban J connectivity index is 1.46. The summed E-state index contributed by atoms with van der Waals surface area (Å²) in [5, 5.41) is 7.64. The number of nitrogens with one attached hydrogen (secondary N) is 2. The van der Waals surface area contributed by atoms with Crippen molar-refractivity contribution in [3.05, 3.63) is 93.8 Å². The predicted octanol–water partition coefficient (Wildman–Crippen LogP) is 5.89. The van der Waals surface area contributed by atoms with Gasteiger partial charge < -0.3 is 4.98 Å². The SMILES string of the molecule is CC(=O)c1ccc(C2=CC=C=Cc3[nH]c(-c4n[nH]c5ccc(-c6cccnc6)nc45)cc32)s1. The van der Waals surface area contributed by atoms with Gasteiger partial charge in [-0.2, -0.15) is 5.10 Å². The topological polar surface area (TPSA) is 87.3 Å². The molecular formula is C26H17N5OS. The molecule has 5 aromatic heterocycles. The second-order valence-corrected chi connectivity index (χ2v) is 8.78. The first-order chi connectivity index (χ1) is 16.2. The van der Waals surface area contributed by atoms with Crippen LogP contribution < -0.4 is 0 Å². The highest BCUT2D eigenvalue weighted by Gasteiger charge is 2.19. The number of allylic oxidation sites excluding steroid dienone is 2. The van der Waals surface area contributed by atoms with Gasteiger partial charge in [-0.25, -0.2) is 4.98 Å². The van der Waals surface area contributed by atoms with Gasteiger partial charge in [0.05, 0.1) is 27.5 Å². The lowest BCUT2D eigenvalue weighted by Crippen LogP contribution is -1.86. The van der Waals surface area contributed by atoms with Crippen molar-refractivity contribution in [1.29, 1.82) is 0 Å². The van der Waals surface area contributed by atoms with Gasteiger partial charge >= 0.3 is 0 Å². The molecular weight excluding hydrogens is 430 g/mol. The van der Waals surface area contributed by atoms with E-state index < -0.39 is 0 Å². The number of nitrogens with zero attached hydrogens (tertiary/aromatic N) is 3. The largest absolute Gasteiger partial charge is 0.353 e. The zero-order valence-corrected chi connectivity index (χ0v) is 18.4. The summed E-state index contributed by atoms with van der Waals surface area (Å²) in [7, 11) is 0. The molecule has 6 rings (SSSR count). The summed E-state index contributed by atoms with van der Waals surface area (Å²) in [5.74, 6) is 0.0719. The van der Waals surface area contributed by atoms with E-state index in [-0.39, 0.29) is 5.78 Å². The number of carbonyl (C=O) groups is 1. The number of rotatable bonds is 4. The molecule has 5 heterocycles. The average molecular weight is 448 g/mol. The molecule has 0 bridgehead atoms. The van der Waals surface area contributed by atoms with Crippen molar-refractivity contribution in [2.24, 2.45) is 0 Å². The molecule has 0 saturated carbocycles. The van der Waals surface area contributed by atoms with E-state index in [0.717, 1.165) is 60.3 Å². The van der Waals surface area contributed by atoms with Crippen molar-refractivity contribution < 1.29 is 4.79 Å². The molecule has 5 aromatic rings. The zero-order valence-electron chi connectivity index (χ0n) is 17.6. The maximum absolute atomic E-state index is 11.8. The molecule has 0 fully saturated rings. The van der Waals surface area contributed by atoms with Crippen LogP contribution in [0.3, 0.4) is 0 Å². The summed E-state index contributed by atoms with van der Waals surface area (Å²) in [6.07, 6.45) is 9.39. The van der Waals surface area contributed by atoms with E-state index in [2.05, 4.69) is 32.0 Å². The van der Waals surface area contributed by atoms with E-state index >= 15 is 0 Å². The summed E-state index contributed by atoms with van der Waals surface area (Å²) in [5.41, 5.74) is 11.2. The van der Waals surface area contributed by atoms with Crippen LogP contribution in [0.5, 0.6) is 0 Å². The van der Waals surface area contributed by atoms with Gasteiger partial charge in [0.1, 0.15) is 11.2 Å². The highest BCUT2D eigenvalue weighted by molar-refractivity contribution is 7.15. The molecule has 33 heavy (non-hydrogen) atoms. The number of carbonyl (C=O) groups excluding carboxylic acids is 1. The van der Waals surface area contributed by atoms with Gasteiger partial charge in [-0.3, -0.25) is 14.9 Å². The van der Waals surface area contributed by atoms with Crippen LogP contribution in [-0.2, 0) is 0 Å². The van der Waals surface area contributed by atoms with Crippen molar-refractivity contribution in [1.82, 2.24) is 25.1 Å². The van der Waals surface area contributed by atoms with Crippen molar-refractivity contribution in [3.63, 3.8) is 0 Å². The molecule has 0 atom stereocenters. The molecule has 1 aliphatic rings. The van der Waals surface area contributed by atoms with Crippen LogP contribution in [0.25, 0.3) is 45.3 Å². The molecule has 0 aliphatic heterocycles. The number of ketones is 1. The number of aromatic nitrogens is 5. The summed E-state index contributed by atoms with van der Waals surface area (Å²) < 4.78 is 0. The van der Waals surface area contributed by atoms with Crippen LogP contribution in [0.1, 0.15) is 32.7 Å². The maximum Gasteiger partial charge on any atom is 0.169 e. The third-order valence-corrected chi connectivity index (χ3v) is 6.77. The van der Waals surface area contributed by atoms with Gasteiger partial charge in [0.2, 0.25) is 0 Å². The Morgan fingerprint density at radius 3 is 2.91 bits per heavy atom. The Morgan fingerprint density at radius 2 is 2.09 bits per heavy atom. The van der Waals surface area contributed by atoms with Crippen LogP contribution in [-0.4, -0.2) is 30.9 Å². The Morgan fingerprint density at radius 1 is 1.15 bits per heavy atom. The third kappa shape index (κ3) is 3.36. The van der Waals surface area contributed by atoms with Crippen LogP contribution in [0.4, 0.5) is 0 Å². The van der Waals surface area contributed by atoms with Gasteiger partial charge in [-0.05, 0) is 61.5 Å². The first-order valence-corrected chi connectivity index (χ1v) is 11.2. The standard InChI is InChI=1S/C26H17N5OS/c1-15(32)23-10-11-24(33-23)17-6-2-3-7-20-18(17)13-22(28-20)26-25-21(30-31-26)9-8-19(29-25)16-5-4-12-27-14-16/h2,4-14,28H,1H3,(H,30,31). The molecule has 0 saturated heterocycles. The predicted molar refractivity (Wildman–Crippen MR) is 131 cm³/mol. The summed E-state index contributed by atoms with van der Waals surface area (Å²) in [6.45, 7) is 1.59. The third-order valence-electron chi connectivity index (χ3n) is 5.55. The number of thiophene rings is 1. The lowest BCUT2D eigenvalue weighted by molar-refractivity contribution is 0.102. The highest BCUT2D eigenvalue weighted by Crippen LogP contribution is 2.36. The molecule has 2 N–H and O–H groups in total. The van der Waals surface area contributed by atoms with Gasteiger partial charge in [0.15, 0.2) is 5.78 Å². The first kappa shape index (κ1) is 19.4. The Kier molecular flexibility index (Phi) is 4.50. The second kappa shape index (κ2) is 7.67. The number of aromatic amines is 2. The number of fused-ring (bicyclic) bond motifs is 2. The number of Topliss-reactive ketones (excluding diaryl/α,β-unsaturated/α-hetero) is 1. The quantitative estimate of drug-likeness (QED) is 0.265. The van der Waals surface area contributed by atoms with Crippen molar-refractivity contribution in [3.8, 4) is 22.6 Å². The minimum absolute atomic E-state index is 0.0719. The number of hydrogen-bond acceptors (Lipinski definition) is 5. The van der Waals surface area contributed by atoms with E-state index in [0.29, 0.717) is 0 Å². The Hall–Kier alpha value is -4.32. The van der Waals surface area contributed by atoms with Gasteiger partial charge in [0, 0.05) is 40.0 Å². The smallest absolute Gasteiger partial charge is 0.169 e. The van der Waals surface area contributed by atoms with E-state index in [1.807, 2.05) is 54.6 Å². The van der Waals surface area contributed by atoms with Crippen molar-refractivity contribution >= 4 is 39.8 Å². The second-order valence-electron chi connectivity index (χ2n) is 7.70. The molecule has 0 spiro atoms. The molecule has 0 radical (unpaired) electrons. The Labute approximate surface area is 193 Å². The van der Waals surface area contributed by atoms with E-state index in [1.54, 1.807) is 19.3 Å². The summed E-state index contributed by atoms with van der Waals surface area (Å²) >= 11 is 1.50. The maximum atomic E-state index is 11.8. The number of hydrogen-bond donors (Lipinski definition) is 2. The van der Waals surface area contributed by atoms with E-state index in [4.69, 9.17) is 4.98 Å². The van der Waals surface area contributed by atoms with E-state index in [9.17, 15) is 4.79 Å². The normalized spacial score (nSPS) is 12.6. The minimum atomic E-state index is 0.0719. The fourth-order valence-electron chi connectivity index (χ4n) is 3.94. The number of H-pyrrole nitrogens is 2. The van der Waals surface area contributed by atoms with Crippen LogP contribution in [0.2, 0.25) is 0 Å². The Bertz CT molecular complexity index is 1630. The lowest BCUT2D eigenvalue weighted by atomic mass is 10.0. The highest BCUT2D eigenvalue weighted by atomic mass is 32.1. The average Bonchev–Trinajstić information content (AvgIpc) is 3.56. The van der Waals surface area contributed by atoms with E-state index in [1.165, 1.54) is 11.3 Å². The first-order valence-electron chi connectivity index (χ1n) is 10.4. The molecule has 6 nitrogen and oxygen atoms in total. The van der Waals surface area contributed by atoms with Gasteiger partial charge in [-0.15, -0.1) is 17.1 Å². The van der Waals surface area contributed by atoms with Crippen molar-refractivity contribution in [2.75, 3.05) is 0 Å². The molecule has 0 unspecified atom stereocenters. The molecule has 158 valence electrons. The lowest BCUT2D eigenvalue weighted by Gasteiger charge is -2.02. The molecule has 1 aliphatic carbocycles. The molecule has 0 aromatic carbocycles. The molecule has 0 amide bonds.